The van der Waals surface area contributed by atoms with E-state index in [1.807, 2.05) is 23.6 Å². The zero-order chi connectivity index (χ0) is 15.4. The largest absolute Gasteiger partial charge is 0.293 e. The second-order valence-corrected chi connectivity index (χ2v) is 6.31. The Labute approximate surface area is 135 Å². The van der Waals surface area contributed by atoms with Gasteiger partial charge in [0.25, 0.3) is 0 Å². The molecule has 2 aromatic heterocycles. The Balaban J connectivity index is 1.67. The van der Waals surface area contributed by atoms with Crippen molar-refractivity contribution >= 4 is 28.9 Å². The highest BCUT2D eigenvalue weighted by Gasteiger charge is 2.09. The molecule has 3 rings (SSSR count). The van der Waals surface area contributed by atoms with Crippen LogP contribution in [0.5, 0.6) is 0 Å². The Kier molecular flexibility index (Phi) is 4.60. The molecule has 0 unspecified atom stereocenters. The molecule has 0 fully saturated rings. The summed E-state index contributed by atoms with van der Waals surface area (Å²) < 4.78 is 12.8. The number of halogens is 1. The standard InChI is InChI=1S/C16H11FN2OS2/c17-12-5-3-11(4-6-12)14(20)10-22-16-18-8-7-13(19-16)15-2-1-9-21-15/h1-9H,10H2. The normalized spacial score (nSPS) is 10.6. The molecule has 0 atom stereocenters. The van der Waals surface area contributed by atoms with Crippen LogP contribution in [0, 0.1) is 5.82 Å². The van der Waals surface area contributed by atoms with Crippen LogP contribution in [0.25, 0.3) is 10.6 Å². The smallest absolute Gasteiger partial charge is 0.188 e. The van der Waals surface area contributed by atoms with E-state index in [0.29, 0.717) is 10.7 Å². The highest BCUT2D eigenvalue weighted by atomic mass is 32.2. The lowest BCUT2D eigenvalue weighted by Gasteiger charge is -2.02. The van der Waals surface area contributed by atoms with Crippen molar-refractivity contribution in [2.75, 3.05) is 5.75 Å². The number of thioether (sulfide) groups is 1. The van der Waals surface area contributed by atoms with Gasteiger partial charge < -0.3 is 0 Å². The summed E-state index contributed by atoms with van der Waals surface area (Å²) in [5.74, 6) is -0.203. The number of carbonyl (C=O) groups is 1. The lowest BCUT2D eigenvalue weighted by molar-refractivity contribution is 0.102. The van der Waals surface area contributed by atoms with Crippen LogP contribution in [0.4, 0.5) is 4.39 Å². The minimum atomic E-state index is -0.351. The highest BCUT2D eigenvalue weighted by Crippen LogP contribution is 2.24. The summed E-state index contributed by atoms with van der Waals surface area (Å²) >= 11 is 2.88. The number of hydrogen-bond acceptors (Lipinski definition) is 5. The highest BCUT2D eigenvalue weighted by molar-refractivity contribution is 7.99. The number of benzene rings is 1. The van der Waals surface area contributed by atoms with Crippen LogP contribution in [-0.4, -0.2) is 21.5 Å². The quantitative estimate of drug-likeness (QED) is 0.397. The number of rotatable bonds is 5. The van der Waals surface area contributed by atoms with Gasteiger partial charge in [0.15, 0.2) is 10.9 Å². The first kappa shape index (κ1) is 14.9. The zero-order valence-electron chi connectivity index (χ0n) is 11.4. The third-order valence-electron chi connectivity index (χ3n) is 2.91. The fraction of sp³-hybridized carbons (Fsp3) is 0.0625. The van der Waals surface area contributed by atoms with Gasteiger partial charge in [0.1, 0.15) is 5.82 Å². The molecule has 0 radical (unpaired) electrons. The van der Waals surface area contributed by atoms with E-state index >= 15 is 0 Å². The molecule has 2 heterocycles. The summed E-state index contributed by atoms with van der Waals surface area (Å²) in [7, 11) is 0. The van der Waals surface area contributed by atoms with Crippen LogP contribution in [0.15, 0.2) is 59.2 Å². The summed E-state index contributed by atoms with van der Waals surface area (Å²) in [6.07, 6.45) is 1.69. The molecule has 1 aromatic carbocycles. The van der Waals surface area contributed by atoms with E-state index in [4.69, 9.17) is 0 Å². The molecule has 3 nitrogen and oxygen atoms in total. The Morgan fingerprint density at radius 1 is 1.18 bits per heavy atom. The fourth-order valence-electron chi connectivity index (χ4n) is 1.82. The Bertz CT molecular complexity index is 773. The number of aromatic nitrogens is 2. The Morgan fingerprint density at radius 2 is 2.00 bits per heavy atom. The van der Waals surface area contributed by atoms with Gasteiger partial charge in [-0.25, -0.2) is 14.4 Å². The second-order valence-electron chi connectivity index (χ2n) is 4.42. The topological polar surface area (TPSA) is 42.9 Å². The lowest BCUT2D eigenvalue weighted by atomic mass is 10.1. The average molecular weight is 330 g/mol. The molecule has 22 heavy (non-hydrogen) atoms. The van der Waals surface area contributed by atoms with Gasteiger partial charge >= 0.3 is 0 Å². The zero-order valence-corrected chi connectivity index (χ0v) is 13.0. The fourth-order valence-corrected chi connectivity index (χ4v) is 3.24. The first-order chi connectivity index (χ1) is 10.7. The molecular weight excluding hydrogens is 319 g/mol. The number of carbonyl (C=O) groups excluding carboxylic acids is 1. The monoisotopic (exact) mass is 330 g/mol. The van der Waals surface area contributed by atoms with E-state index in [1.54, 1.807) is 17.5 Å². The number of thiophene rings is 1. The van der Waals surface area contributed by atoms with Gasteiger partial charge in [-0.3, -0.25) is 4.79 Å². The summed E-state index contributed by atoms with van der Waals surface area (Å²) in [5, 5.41) is 2.55. The predicted molar refractivity (Wildman–Crippen MR) is 86.8 cm³/mol. The summed E-state index contributed by atoms with van der Waals surface area (Å²) in [4.78, 5) is 21.7. The van der Waals surface area contributed by atoms with Gasteiger partial charge in [-0.15, -0.1) is 11.3 Å². The SMILES string of the molecule is O=C(CSc1nccc(-c2cccs2)n1)c1ccc(F)cc1. The number of hydrogen-bond donors (Lipinski definition) is 0. The van der Waals surface area contributed by atoms with E-state index in [-0.39, 0.29) is 17.4 Å². The molecule has 0 saturated heterocycles. The van der Waals surface area contributed by atoms with Gasteiger partial charge in [-0.1, -0.05) is 17.8 Å². The van der Waals surface area contributed by atoms with Crippen molar-refractivity contribution in [3.8, 4) is 10.6 Å². The average Bonchev–Trinajstić information content (AvgIpc) is 3.08. The first-order valence-electron chi connectivity index (χ1n) is 6.51. The van der Waals surface area contributed by atoms with Crippen LogP contribution in [0.1, 0.15) is 10.4 Å². The van der Waals surface area contributed by atoms with E-state index in [0.717, 1.165) is 10.6 Å². The predicted octanol–water partition coefficient (Wildman–Crippen LogP) is 4.32. The van der Waals surface area contributed by atoms with Gasteiger partial charge in [-0.2, -0.15) is 0 Å². The van der Waals surface area contributed by atoms with Crippen molar-refractivity contribution in [2.45, 2.75) is 5.16 Å². The number of ketones is 1. The van der Waals surface area contributed by atoms with Crippen molar-refractivity contribution < 1.29 is 9.18 Å². The maximum Gasteiger partial charge on any atom is 0.188 e. The van der Waals surface area contributed by atoms with E-state index in [1.165, 1.54) is 36.0 Å². The van der Waals surface area contributed by atoms with Crippen molar-refractivity contribution in [2.24, 2.45) is 0 Å². The first-order valence-corrected chi connectivity index (χ1v) is 8.37. The van der Waals surface area contributed by atoms with Crippen LogP contribution in [0.2, 0.25) is 0 Å². The molecule has 0 N–H and O–H groups in total. The van der Waals surface area contributed by atoms with Gasteiger partial charge in [0, 0.05) is 11.8 Å². The molecule has 6 heteroatoms. The maximum absolute atomic E-state index is 12.8. The van der Waals surface area contributed by atoms with E-state index in [2.05, 4.69) is 9.97 Å². The minimum absolute atomic E-state index is 0.0740. The van der Waals surface area contributed by atoms with E-state index < -0.39 is 0 Å². The molecule has 110 valence electrons. The molecule has 0 aliphatic carbocycles. The van der Waals surface area contributed by atoms with E-state index in [9.17, 15) is 9.18 Å². The van der Waals surface area contributed by atoms with Crippen LogP contribution >= 0.6 is 23.1 Å². The molecule has 0 saturated carbocycles. The lowest BCUT2D eigenvalue weighted by Crippen LogP contribution is -2.03. The Hall–Kier alpha value is -2.05. The molecule has 0 amide bonds. The van der Waals surface area contributed by atoms with Gasteiger partial charge in [0.05, 0.1) is 16.3 Å². The van der Waals surface area contributed by atoms with Crippen LogP contribution in [-0.2, 0) is 0 Å². The molecule has 0 spiro atoms. The van der Waals surface area contributed by atoms with Crippen molar-refractivity contribution in [3.05, 3.63) is 65.4 Å². The maximum atomic E-state index is 12.8. The summed E-state index contributed by atoms with van der Waals surface area (Å²) in [6.45, 7) is 0. The van der Waals surface area contributed by atoms with Gasteiger partial charge in [0.2, 0.25) is 0 Å². The number of nitrogens with zero attached hydrogens (tertiary/aromatic N) is 2. The summed E-state index contributed by atoms with van der Waals surface area (Å²) in [6, 6.07) is 11.3. The van der Waals surface area contributed by atoms with Crippen LogP contribution < -0.4 is 0 Å². The minimum Gasteiger partial charge on any atom is -0.293 e. The molecule has 3 aromatic rings. The molecule has 0 aliphatic heterocycles. The Morgan fingerprint density at radius 3 is 2.73 bits per heavy atom. The van der Waals surface area contributed by atoms with Crippen molar-refractivity contribution in [3.63, 3.8) is 0 Å². The third-order valence-corrected chi connectivity index (χ3v) is 4.66. The molecule has 0 aliphatic rings. The van der Waals surface area contributed by atoms with Crippen molar-refractivity contribution in [1.29, 1.82) is 0 Å². The van der Waals surface area contributed by atoms with Crippen molar-refractivity contribution in [1.82, 2.24) is 9.97 Å². The molecule has 0 bridgehead atoms. The second kappa shape index (κ2) is 6.81. The molecular formula is C16H11FN2OS2. The third kappa shape index (κ3) is 3.58. The number of Topliss-reactive ketones (excluding diaryl/α,β-unsaturated/α-hetero) is 1. The summed E-state index contributed by atoms with van der Waals surface area (Å²) in [5.41, 5.74) is 1.34. The van der Waals surface area contributed by atoms with Crippen LogP contribution in [0.3, 0.4) is 0 Å². The van der Waals surface area contributed by atoms with Gasteiger partial charge in [-0.05, 0) is 41.8 Å².